The molecule has 0 bridgehead atoms. The summed E-state index contributed by atoms with van der Waals surface area (Å²) in [5.41, 5.74) is 0. The van der Waals surface area contributed by atoms with Gasteiger partial charge in [-0.3, -0.25) is 14.4 Å². The molecule has 1 fully saturated rings. The van der Waals surface area contributed by atoms with E-state index in [1.54, 1.807) is 7.05 Å². The molecule has 0 aliphatic carbocycles. The number of carbonyl (C=O) groups is 3. The Morgan fingerprint density at radius 2 is 1.86 bits per heavy atom. The van der Waals surface area contributed by atoms with Crippen LogP contribution in [0, 0.1) is 5.92 Å². The van der Waals surface area contributed by atoms with Crippen molar-refractivity contribution in [3.05, 3.63) is 0 Å². The highest BCUT2D eigenvalue weighted by atomic mass is 16.3. The minimum absolute atomic E-state index is 0.0454. The summed E-state index contributed by atoms with van der Waals surface area (Å²) in [6.07, 6.45) is 0.804. The molecule has 6 heteroatoms. The first-order valence-electron chi connectivity index (χ1n) is 7.92. The van der Waals surface area contributed by atoms with E-state index in [1.807, 2.05) is 13.8 Å². The third kappa shape index (κ3) is 4.29. The highest BCUT2D eigenvalue weighted by Gasteiger charge is 2.39. The van der Waals surface area contributed by atoms with Crippen molar-refractivity contribution in [3.63, 3.8) is 0 Å². The zero-order valence-corrected chi connectivity index (χ0v) is 14.2. The number of amides is 2. The Hall–Kier alpha value is -1.43. The van der Waals surface area contributed by atoms with Crippen LogP contribution in [-0.4, -0.2) is 64.3 Å². The number of aliphatic hydroxyl groups excluding tert-OH is 1. The average Bonchev–Trinajstić information content (AvgIpc) is 2.90. The van der Waals surface area contributed by atoms with Crippen LogP contribution in [0.25, 0.3) is 0 Å². The van der Waals surface area contributed by atoms with E-state index in [0.717, 1.165) is 6.42 Å². The Kier molecular flexibility index (Phi) is 6.53. The van der Waals surface area contributed by atoms with Gasteiger partial charge in [0.25, 0.3) is 5.91 Å². The molecule has 3 atom stereocenters. The van der Waals surface area contributed by atoms with Crippen LogP contribution in [0.4, 0.5) is 0 Å². The zero-order chi connectivity index (χ0) is 17.0. The third-order valence-corrected chi connectivity index (χ3v) is 4.16. The molecule has 6 nitrogen and oxygen atoms in total. The van der Waals surface area contributed by atoms with E-state index in [0.29, 0.717) is 25.3 Å². The molecule has 1 saturated heterocycles. The molecule has 2 amide bonds. The SMILES string of the molecule is CC(=O)[C@H](CC(C)C)N(C)C(=O)[C@@H]1CCCN1C(=O)[C@H](C)O. The number of likely N-dealkylation sites (tertiary alicyclic amines) is 1. The molecule has 1 aliphatic rings. The van der Waals surface area contributed by atoms with Gasteiger partial charge in [0.05, 0.1) is 6.04 Å². The van der Waals surface area contributed by atoms with E-state index in [-0.39, 0.29) is 11.7 Å². The molecule has 22 heavy (non-hydrogen) atoms. The molecule has 0 aromatic heterocycles. The van der Waals surface area contributed by atoms with Crippen molar-refractivity contribution >= 4 is 17.6 Å². The van der Waals surface area contributed by atoms with Crippen molar-refractivity contribution in [3.8, 4) is 0 Å². The number of ketones is 1. The van der Waals surface area contributed by atoms with Crippen molar-refractivity contribution in [1.29, 1.82) is 0 Å². The Balaban J connectivity index is 2.88. The summed E-state index contributed by atoms with van der Waals surface area (Å²) in [6, 6.07) is -1.03. The first-order chi connectivity index (χ1) is 10.2. The van der Waals surface area contributed by atoms with Gasteiger partial charge in [-0.2, -0.15) is 0 Å². The summed E-state index contributed by atoms with van der Waals surface area (Å²) in [4.78, 5) is 39.5. The predicted molar refractivity (Wildman–Crippen MR) is 83.1 cm³/mol. The predicted octanol–water partition coefficient (Wildman–Crippen LogP) is 0.820. The lowest BCUT2D eigenvalue weighted by atomic mass is 9.99. The fourth-order valence-corrected chi connectivity index (χ4v) is 2.96. The summed E-state index contributed by atoms with van der Waals surface area (Å²) >= 11 is 0. The van der Waals surface area contributed by atoms with E-state index in [9.17, 15) is 19.5 Å². The first-order valence-corrected chi connectivity index (χ1v) is 7.92. The van der Waals surface area contributed by atoms with Crippen LogP contribution in [0.2, 0.25) is 0 Å². The summed E-state index contributed by atoms with van der Waals surface area (Å²) in [7, 11) is 1.63. The van der Waals surface area contributed by atoms with Crippen LogP contribution in [0.1, 0.15) is 47.0 Å². The topological polar surface area (TPSA) is 77.9 Å². The second-order valence-electron chi connectivity index (χ2n) is 6.57. The summed E-state index contributed by atoms with van der Waals surface area (Å²) in [5, 5.41) is 9.47. The van der Waals surface area contributed by atoms with E-state index < -0.39 is 24.1 Å². The minimum Gasteiger partial charge on any atom is -0.384 e. The van der Waals surface area contributed by atoms with E-state index in [1.165, 1.54) is 23.6 Å². The Labute approximate surface area is 132 Å². The lowest BCUT2D eigenvalue weighted by molar-refractivity contribution is -0.149. The van der Waals surface area contributed by atoms with Gasteiger partial charge in [-0.1, -0.05) is 13.8 Å². The number of hydrogen-bond acceptors (Lipinski definition) is 4. The number of likely N-dealkylation sites (N-methyl/N-ethyl adjacent to an activating group) is 1. The number of carbonyl (C=O) groups excluding carboxylic acids is 3. The van der Waals surface area contributed by atoms with Crippen LogP contribution in [0.5, 0.6) is 0 Å². The molecule has 0 aromatic carbocycles. The van der Waals surface area contributed by atoms with Crippen molar-refractivity contribution in [2.24, 2.45) is 5.92 Å². The maximum Gasteiger partial charge on any atom is 0.251 e. The molecule has 1 heterocycles. The second-order valence-corrected chi connectivity index (χ2v) is 6.57. The highest BCUT2D eigenvalue weighted by molar-refractivity contribution is 5.93. The Bertz CT molecular complexity index is 434. The normalized spacial score (nSPS) is 20.9. The van der Waals surface area contributed by atoms with Gasteiger partial charge in [-0.25, -0.2) is 0 Å². The number of rotatable bonds is 6. The van der Waals surface area contributed by atoms with Crippen molar-refractivity contribution in [2.75, 3.05) is 13.6 Å². The molecular weight excluding hydrogens is 284 g/mol. The second kappa shape index (κ2) is 7.72. The van der Waals surface area contributed by atoms with E-state index in [4.69, 9.17) is 0 Å². The molecule has 126 valence electrons. The van der Waals surface area contributed by atoms with Crippen molar-refractivity contribution in [1.82, 2.24) is 9.80 Å². The monoisotopic (exact) mass is 312 g/mol. The minimum atomic E-state index is -1.11. The first kappa shape index (κ1) is 18.6. The molecule has 1 aliphatic heterocycles. The fraction of sp³-hybridized carbons (Fsp3) is 0.812. The van der Waals surface area contributed by atoms with Crippen LogP contribution in [0.15, 0.2) is 0 Å². The standard InChI is InChI=1S/C16H28N2O4/c1-10(2)9-14(11(3)19)17(5)16(22)13-7-6-8-18(13)15(21)12(4)20/h10,12-14,20H,6-9H2,1-5H3/t12-,13-,14-/m0/s1. The third-order valence-electron chi connectivity index (χ3n) is 4.16. The zero-order valence-electron chi connectivity index (χ0n) is 14.2. The number of Topliss-reactive ketones (excluding diaryl/α,β-unsaturated/α-hetero) is 1. The van der Waals surface area contributed by atoms with Crippen LogP contribution in [-0.2, 0) is 14.4 Å². The van der Waals surface area contributed by atoms with E-state index in [2.05, 4.69) is 0 Å². The number of nitrogens with zero attached hydrogens (tertiary/aromatic N) is 2. The average molecular weight is 312 g/mol. The van der Waals surface area contributed by atoms with Gasteiger partial charge in [-0.15, -0.1) is 0 Å². The summed E-state index contributed by atoms with van der Waals surface area (Å²) in [6.45, 7) is 7.39. The molecule has 0 radical (unpaired) electrons. The maximum atomic E-state index is 12.7. The molecule has 0 saturated carbocycles. The smallest absolute Gasteiger partial charge is 0.251 e. The molecule has 0 spiro atoms. The molecule has 0 aromatic rings. The largest absolute Gasteiger partial charge is 0.384 e. The van der Waals surface area contributed by atoms with Crippen LogP contribution >= 0.6 is 0 Å². The summed E-state index contributed by atoms with van der Waals surface area (Å²) in [5.74, 6) is -0.390. The van der Waals surface area contributed by atoms with Crippen molar-refractivity contribution in [2.45, 2.75) is 65.1 Å². The van der Waals surface area contributed by atoms with Crippen LogP contribution < -0.4 is 0 Å². The molecule has 1 N–H and O–H groups in total. The molecular formula is C16H28N2O4. The lowest BCUT2D eigenvalue weighted by Crippen LogP contribution is -2.52. The quantitative estimate of drug-likeness (QED) is 0.787. The highest BCUT2D eigenvalue weighted by Crippen LogP contribution is 2.22. The van der Waals surface area contributed by atoms with Crippen molar-refractivity contribution < 1.29 is 19.5 Å². The van der Waals surface area contributed by atoms with Gasteiger partial charge < -0.3 is 14.9 Å². The van der Waals surface area contributed by atoms with Crippen LogP contribution in [0.3, 0.4) is 0 Å². The summed E-state index contributed by atoms with van der Waals surface area (Å²) < 4.78 is 0. The van der Waals surface area contributed by atoms with Gasteiger partial charge in [0.15, 0.2) is 5.78 Å². The maximum absolute atomic E-state index is 12.7. The van der Waals surface area contributed by atoms with Gasteiger partial charge in [0.1, 0.15) is 12.1 Å². The van der Waals surface area contributed by atoms with Gasteiger partial charge in [0.2, 0.25) is 5.91 Å². The molecule has 0 unspecified atom stereocenters. The van der Waals surface area contributed by atoms with Gasteiger partial charge in [0, 0.05) is 13.6 Å². The van der Waals surface area contributed by atoms with Gasteiger partial charge in [-0.05, 0) is 39.0 Å². The Morgan fingerprint density at radius 1 is 1.27 bits per heavy atom. The van der Waals surface area contributed by atoms with Gasteiger partial charge >= 0.3 is 0 Å². The molecule has 1 rings (SSSR count). The number of hydrogen-bond donors (Lipinski definition) is 1. The lowest BCUT2D eigenvalue weighted by Gasteiger charge is -2.33. The Morgan fingerprint density at radius 3 is 2.32 bits per heavy atom. The fourth-order valence-electron chi connectivity index (χ4n) is 2.96. The van der Waals surface area contributed by atoms with E-state index >= 15 is 0 Å². The number of aliphatic hydroxyl groups is 1.